The van der Waals surface area contributed by atoms with E-state index in [1.54, 1.807) is 12.1 Å². The van der Waals surface area contributed by atoms with Crippen LogP contribution in [0.3, 0.4) is 0 Å². The van der Waals surface area contributed by atoms with Gasteiger partial charge in [0.15, 0.2) is 5.66 Å². The molecule has 2 rings (SSSR count). The molecule has 1 aliphatic heterocycles. The smallest absolute Gasteiger partial charge is 0.344 e. The Morgan fingerprint density at radius 2 is 2.06 bits per heavy atom. The first kappa shape index (κ1) is 11.5. The Balaban J connectivity index is 2.29. The maximum absolute atomic E-state index is 12.1. The molecule has 2 heterocycles. The van der Waals surface area contributed by atoms with Crippen LogP contribution in [0.15, 0.2) is 24.5 Å². The van der Waals surface area contributed by atoms with Gasteiger partial charge < -0.3 is 10.0 Å². The van der Waals surface area contributed by atoms with Gasteiger partial charge in [0.1, 0.15) is 0 Å². The fraction of sp³-hybridized carbons (Fsp3) is 0.364. The molecule has 0 saturated carbocycles. The van der Waals surface area contributed by atoms with Gasteiger partial charge in [0.05, 0.1) is 0 Å². The van der Waals surface area contributed by atoms with E-state index in [1.165, 1.54) is 17.3 Å². The Kier molecular flexibility index (Phi) is 2.81. The normalized spacial score (nSPS) is 23.7. The molecular formula is C11H13N3O3. The second-order valence-electron chi connectivity index (χ2n) is 4.03. The van der Waals surface area contributed by atoms with E-state index >= 15 is 0 Å². The van der Waals surface area contributed by atoms with Crippen molar-refractivity contribution in [2.45, 2.75) is 18.5 Å². The molecule has 1 amide bonds. The Morgan fingerprint density at radius 1 is 1.41 bits per heavy atom. The summed E-state index contributed by atoms with van der Waals surface area (Å²) in [5, 5.41) is 9.11. The number of carbonyl (C=O) groups excluding carboxylic acids is 1. The van der Waals surface area contributed by atoms with Crippen molar-refractivity contribution < 1.29 is 14.7 Å². The number of hydrogen-bond acceptors (Lipinski definition) is 4. The fourth-order valence-electron chi connectivity index (χ4n) is 2.00. The number of aromatic nitrogens is 1. The summed E-state index contributed by atoms with van der Waals surface area (Å²) < 4.78 is 0. The average Bonchev–Trinajstić information content (AvgIpc) is 2.73. The first-order valence-electron chi connectivity index (χ1n) is 5.30. The van der Waals surface area contributed by atoms with Crippen molar-refractivity contribution in [1.82, 2.24) is 9.88 Å². The third-order valence-electron chi connectivity index (χ3n) is 2.96. The van der Waals surface area contributed by atoms with Crippen molar-refractivity contribution in [3.63, 3.8) is 0 Å². The predicted octanol–water partition coefficient (Wildman–Crippen LogP) is 0.0572. The quantitative estimate of drug-likeness (QED) is 0.755. The van der Waals surface area contributed by atoms with E-state index in [9.17, 15) is 9.59 Å². The summed E-state index contributed by atoms with van der Waals surface area (Å²) in [7, 11) is 0. The monoisotopic (exact) mass is 235 g/mol. The highest BCUT2D eigenvalue weighted by molar-refractivity contribution is 5.97. The Bertz CT molecular complexity index is 449. The maximum Gasteiger partial charge on any atom is 0.344 e. The predicted molar refractivity (Wildman–Crippen MR) is 59.1 cm³/mol. The molecule has 6 heteroatoms. The average molecular weight is 235 g/mol. The molecule has 0 aliphatic carbocycles. The molecule has 0 aromatic carbocycles. The lowest BCUT2D eigenvalue weighted by Gasteiger charge is -2.30. The molecule has 1 aromatic heterocycles. The van der Waals surface area contributed by atoms with Gasteiger partial charge in [0, 0.05) is 24.5 Å². The van der Waals surface area contributed by atoms with Crippen molar-refractivity contribution in [2.75, 3.05) is 6.54 Å². The van der Waals surface area contributed by atoms with Crippen LogP contribution in [0.2, 0.25) is 0 Å². The van der Waals surface area contributed by atoms with Crippen molar-refractivity contribution >= 4 is 11.9 Å². The minimum atomic E-state index is -1.58. The molecule has 1 unspecified atom stereocenters. The van der Waals surface area contributed by atoms with E-state index in [0.717, 1.165) is 0 Å². The van der Waals surface area contributed by atoms with E-state index < -0.39 is 11.6 Å². The van der Waals surface area contributed by atoms with E-state index in [2.05, 4.69) is 4.98 Å². The number of pyridine rings is 1. The summed E-state index contributed by atoms with van der Waals surface area (Å²) in [4.78, 5) is 28.3. The highest BCUT2D eigenvalue weighted by Crippen LogP contribution is 2.26. The Hall–Kier alpha value is -1.95. The zero-order chi connectivity index (χ0) is 12.5. The largest absolute Gasteiger partial charge is 0.478 e. The molecule has 6 nitrogen and oxygen atoms in total. The molecule has 90 valence electrons. The molecule has 1 aromatic rings. The number of carbonyl (C=O) groups is 2. The number of likely N-dealkylation sites (tertiary alicyclic amines) is 1. The molecular weight excluding hydrogens is 222 g/mol. The van der Waals surface area contributed by atoms with Crippen molar-refractivity contribution in [3.05, 3.63) is 30.1 Å². The van der Waals surface area contributed by atoms with Crippen molar-refractivity contribution in [3.8, 4) is 0 Å². The van der Waals surface area contributed by atoms with Gasteiger partial charge in [-0.25, -0.2) is 4.79 Å². The molecule has 0 spiro atoms. The third kappa shape index (κ3) is 1.87. The number of carboxylic acid groups (broad SMARTS) is 1. The zero-order valence-corrected chi connectivity index (χ0v) is 9.17. The summed E-state index contributed by atoms with van der Waals surface area (Å²) >= 11 is 0. The lowest BCUT2D eigenvalue weighted by molar-refractivity contribution is -0.148. The maximum atomic E-state index is 12.1. The van der Waals surface area contributed by atoms with Crippen LogP contribution in [0.5, 0.6) is 0 Å². The molecule has 1 aliphatic rings. The van der Waals surface area contributed by atoms with Crippen LogP contribution in [0.25, 0.3) is 0 Å². The van der Waals surface area contributed by atoms with Crippen LogP contribution in [-0.2, 0) is 4.79 Å². The van der Waals surface area contributed by atoms with Gasteiger partial charge in [0.2, 0.25) is 0 Å². The molecule has 1 atom stereocenters. The summed E-state index contributed by atoms with van der Waals surface area (Å²) in [5.41, 5.74) is 4.59. The molecule has 0 radical (unpaired) electrons. The Labute approximate surface area is 98.1 Å². The van der Waals surface area contributed by atoms with Crippen LogP contribution >= 0.6 is 0 Å². The van der Waals surface area contributed by atoms with Gasteiger partial charge in [0.25, 0.3) is 5.91 Å². The van der Waals surface area contributed by atoms with Crippen LogP contribution in [0.4, 0.5) is 0 Å². The highest BCUT2D eigenvalue weighted by atomic mass is 16.4. The molecule has 1 saturated heterocycles. The molecule has 0 bridgehead atoms. The summed E-state index contributed by atoms with van der Waals surface area (Å²) in [6.45, 7) is 0.365. The minimum Gasteiger partial charge on any atom is -0.478 e. The zero-order valence-electron chi connectivity index (χ0n) is 9.17. The number of amides is 1. The Morgan fingerprint density at radius 3 is 2.65 bits per heavy atom. The third-order valence-corrected chi connectivity index (χ3v) is 2.96. The molecule has 1 fully saturated rings. The first-order valence-corrected chi connectivity index (χ1v) is 5.30. The van der Waals surface area contributed by atoms with Gasteiger partial charge in [-0.1, -0.05) is 0 Å². The van der Waals surface area contributed by atoms with Crippen LogP contribution < -0.4 is 5.73 Å². The number of rotatable bonds is 2. The molecule has 3 N–H and O–H groups in total. The van der Waals surface area contributed by atoms with E-state index in [1.807, 2.05) is 0 Å². The summed E-state index contributed by atoms with van der Waals surface area (Å²) in [5.74, 6) is -1.53. The van der Waals surface area contributed by atoms with Gasteiger partial charge in [-0.15, -0.1) is 0 Å². The van der Waals surface area contributed by atoms with Gasteiger partial charge in [-0.3, -0.25) is 15.5 Å². The van der Waals surface area contributed by atoms with Gasteiger partial charge >= 0.3 is 5.97 Å². The topological polar surface area (TPSA) is 96.5 Å². The van der Waals surface area contributed by atoms with Crippen LogP contribution in [-0.4, -0.2) is 39.1 Å². The van der Waals surface area contributed by atoms with Crippen LogP contribution in [0, 0.1) is 0 Å². The van der Waals surface area contributed by atoms with Crippen LogP contribution in [0.1, 0.15) is 23.2 Å². The number of nitrogens with two attached hydrogens (primary N) is 1. The standard InChI is InChI=1S/C11H13N3O3/c12-11(10(16)17)4-1-7-14(11)9(15)8-2-5-13-6-3-8/h2-3,5-6H,1,4,7,12H2,(H,16,17). The number of nitrogens with zero attached hydrogens (tertiary/aromatic N) is 2. The summed E-state index contributed by atoms with van der Waals surface area (Å²) in [6.07, 6.45) is 3.85. The first-order chi connectivity index (χ1) is 8.05. The SMILES string of the molecule is NC1(C(=O)O)CCCN1C(=O)c1ccncc1. The van der Waals surface area contributed by atoms with Crippen molar-refractivity contribution in [1.29, 1.82) is 0 Å². The lowest BCUT2D eigenvalue weighted by atomic mass is 10.1. The number of aliphatic carboxylic acids is 1. The number of carboxylic acids is 1. The van der Waals surface area contributed by atoms with Gasteiger partial charge in [-0.2, -0.15) is 0 Å². The number of hydrogen-bond donors (Lipinski definition) is 2. The lowest BCUT2D eigenvalue weighted by Crippen LogP contribution is -2.59. The second kappa shape index (κ2) is 4.14. The van der Waals surface area contributed by atoms with E-state index in [-0.39, 0.29) is 12.3 Å². The minimum absolute atomic E-state index is 0.277. The van der Waals surface area contributed by atoms with E-state index in [4.69, 9.17) is 10.8 Å². The van der Waals surface area contributed by atoms with Crippen molar-refractivity contribution in [2.24, 2.45) is 5.73 Å². The van der Waals surface area contributed by atoms with E-state index in [0.29, 0.717) is 18.5 Å². The molecule has 17 heavy (non-hydrogen) atoms. The summed E-state index contributed by atoms with van der Waals surface area (Å²) in [6, 6.07) is 3.09. The highest BCUT2D eigenvalue weighted by Gasteiger charge is 2.46. The fourth-order valence-corrected chi connectivity index (χ4v) is 2.00. The van der Waals surface area contributed by atoms with Gasteiger partial charge in [-0.05, 0) is 25.0 Å². The second-order valence-corrected chi connectivity index (χ2v) is 4.03.